The summed E-state index contributed by atoms with van der Waals surface area (Å²) in [4.78, 5) is 35.6. The third-order valence-electron chi connectivity index (χ3n) is 10.7. The van der Waals surface area contributed by atoms with E-state index in [0.717, 1.165) is 77.8 Å². The molecule has 0 unspecified atom stereocenters. The first-order valence-corrected chi connectivity index (χ1v) is 18.3. The largest absolute Gasteiger partial charge is 0.481 e. The van der Waals surface area contributed by atoms with Gasteiger partial charge in [-0.1, -0.05) is 65.7 Å². The van der Waals surface area contributed by atoms with Gasteiger partial charge in [-0.25, -0.2) is 9.97 Å². The van der Waals surface area contributed by atoms with Crippen molar-refractivity contribution in [3.63, 3.8) is 0 Å². The van der Waals surface area contributed by atoms with Crippen LogP contribution in [0.1, 0.15) is 54.8 Å². The van der Waals surface area contributed by atoms with E-state index in [1.165, 1.54) is 5.56 Å². The number of benzene rings is 2. The first-order chi connectivity index (χ1) is 24.7. The first-order valence-electron chi connectivity index (χ1n) is 17.5. The fraction of sp³-hybridized carbons (Fsp3) is 0.385. The summed E-state index contributed by atoms with van der Waals surface area (Å²) in [6.45, 7) is 3.04. The zero-order chi connectivity index (χ0) is 35.3. The molecule has 2 aromatic heterocycles. The molecule has 0 radical (unpaired) electrons. The van der Waals surface area contributed by atoms with E-state index in [9.17, 15) is 9.59 Å². The Morgan fingerprint density at radius 3 is 2.18 bits per heavy atom. The second-order valence-corrected chi connectivity index (χ2v) is 14.8. The number of nitrogens with zero attached hydrogens (tertiary/aromatic N) is 3. The highest BCUT2D eigenvalue weighted by molar-refractivity contribution is 6.39. The van der Waals surface area contributed by atoms with Gasteiger partial charge in [0, 0.05) is 84.5 Å². The van der Waals surface area contributed by atoms with Gasteiger partial charge in [-0.2, -0.15) is 0 Å². The number of likely N-dealkylation sites (tertiary alicyclic amines) is 1. The van der Waals surface area contributed by atoms with E-state index in [4.69, 9.17) is 42.6 Å². The van der Waals surface area contributed by atoms with E-state index in [1.807, 2.05) is 48.5 Å². The van der Waals surface area contributed by atoms with E-state index in [-0.39, 0.29) is 29.4 Å². The molecule has 3 N–H and O–H groups in total. The maximum absolute atomic E-state index is 11.8. The maximum atomic E-state index is 11.8. The number of nitrogens with one attached hydrogen (secondary N) is 3. The molecule has 3 saturated heterocycles. The van der Waals surface area contributed by atoms with Crippen LogP contribution >= 0.6 is 23.2 Å². The lowest BCUT2D eigenvalue weighted by Crippen LogP contribution is -2.66. The summed E-state index contributed by atoms with van der Waals surface area (Å²) in [6, 6.07) is 18.1. The molecule has 2 atom stereocenters. The summed E-state index contributed by atoms with van der Waals surface area (Å²) >= 11 is 14.4. The van der Waals surface area contributed by atoms with Crippen LogP contribution in [0.3, 0.4) is 0 Å². The molecule has 51 heavy (non-hydrogen) atoms. The SMILES string of the molecule is COc1nc(-c2cccc(-c3cccc(-c4cc5c(c(OC)n4)[C@@H](NC[C@@H]4CCC(=O)N4)CC5)c3Cl)c2Cl)ccc1CN1CC2(CCC(=O)N2)C1. The molecular weight excluding hydrogens is 687 g/mol. The lowest BCUT2D eigenvalue weighted by molar-refractivity contribution is -0.121. The fourth-order valence-corrected chi connectivity index (χ4v) is 8.83. The second-order valence-electron chi connectivity index (χ2n) is 14.1. The molecule has 12 heteroatoms. The zero-order valence-corrected chi connectivity index (χ0v) is 30.2. The number of aromatic nitrogens is 2. The number of carbonyl (C=O) groups excluding carboxylic acids is 2. The Kier molecular flexibility index (Phi) is 9.12. The van der Waals surface area contributed by atoms with Gasteiger partial charge in [0.2, 0.25) is 23.6 Å². The average molecular weight is 728 g/mol. The van der Waals surface area contributed by atoms with Gasteiger partial charge < -0.3 is 25.4 Å². The normalized spacial score (nSPS) is 20.6. The van der Waals surface area contributed by atoms with Crippen molar-refractivity contribution in [2.24, 2.45) is 0 Å². The quantitative estimate of drug-likeness (QED) is 0.179. The molecule has 4 aliphatic rings. The van der Waals surface area contributed by atoms with Gasteiger partial charge in [0.1, 0.15) is 0 Å². The molecule has 1 spiro atoms. The van der Waals surface area contributed by atoms with Gasteiger partial charge in [-0.3, -0.25) is 14.5 Å². The third kappa shape index (κ3) is 6.43. The summed E-state index contributed by atoms with van der Waals surface area (Å²) in [7, 11) is 3.28. The molecule has 0 bridgehead atoms. The highest BCUT2D eigenvalue weighted by Crippen LogP contribution is 2.45. The number of aryl methyl sites for hydroxylation is 1. The number of hydrogen-bond acceptors (Lipinski definition) is 8. The number of hydrogen-bond donors (Lipinski definition) is 3. The van der Waals surface area contributed by atoms with Crippen LogP contribution < -0.4 is 25.4 Å². The molecule has 2 aromatic carbocycles. The molecular formula is C39H40Cl2N6O4. The van der Waals surface area contributed by atoms with Gasteiger partial charge in [0.25, 0.3) is 0 Å². The number of fused-ring (bicyclic) bond motifs is 1. The predicted molar refractivity (Wildman–Crippen MR) is 197 cm³/mol. The lowest BCUT2D eigenvalue weighted by Gasteiger charge is -2.48. The van der Waals surface area contributed by atoms with Crippen LogP contribution in [0.25, 0.3) is 33.6 Å². The molecule has 3 aliphatic heterocycles. The molecule has 10 nitrogen and oxygen atoms in total. The third-order valence-corrected chi connectivity index (χ3v) is 11.5. The molecule has 3 fully saturated rings. The van der Waals surface area contributed by atoms with Crippen LogP contribution in [-0.4, -0.2) is 72.1 Å². The Morgan fingerprint density at radius 2 is 1.53 bits per heavy atom. The van der Waals surface area contributed by atoms with Gasteiger partial charge >= 0.3 is 0 Å². The number of ether oxygens (including phenoxy) is 2. The monoisotopic (exact) mass is 726 g/mol. The van der Waals surface area contributed by atoms with Gasteiger partial charge in [0.15, 0.2) is 0 Å². The summed E-state index contributed by atoms with van der Waals surface area (Å²) < 4.78 is 11.6. The van der Waals surface area contributed by atoms with Crippen molar-refractivity contribution in [2.75, 3.05) is 33.9 Å². The van der Waals surface area contributed by atoms with Crippen molar-refractivity contribution >= 4 is 35.0 Å². The van der Waals surface area contributed by atoms with E-state index in [2.05, 4.69) is 26.9 Å². The summed E-state index contributed by atoms with van der Waals surface area (Å²) in [5, 5.41) is 10.9. The molecule has 264 valence electrons. The number of pyridine rings is 2. The second kappa shape index (κ2) is 13.7. The van der Waals surface area contributed by atoms with Crippen LogP contribution in [0.5, 0.6) is 11.8 Å². The number of rotatable bonds is 10. The Hall–Kier alpha value is -4.22. The molecule has 5 heterocycles. The van der Waals surface area contributed by atoms with Crippen molar-refractivity contribution < 1.29 is 19.1 Å². The van der Waals surface area contributed by atoms with Gasteiger partial charge in [-0.05, 0) is 43.4 Å². The van der Waals surface area contributed by atoms with E-state index < -0.39 is 0 Å². The van der Waals surface area contributed by atoms with Gasteiger partial charge in [-0.15, -0.1) is 0 Å². The standard InChI is InChI=1S/C39H40Cl2N6O4/c1-50-37-23(19-47-20-39(21-47)16-15-33(49)46-39)10-12-29(44-37)27-7-3-5-25(35(27)40)26-6-4-8-28(36(26)41)31-17-22-9-13-30(34(22)38(45-31)51-2)42-18-24-11-14-32(48)43-24/h3-8,10,12,17,24,30,42H,9,11,13-16,18-21H2,1-2H3,(H,43,48)(H,46,49)/t24-,30-/m0/s1. The van der Waals surface area contributed by atoms with Gasteiger partial charge in [0.05, 0.1) is 41.2 Å². The van der Waals surface area contributed by atoms with E-state index in [0.29, 0.717) is 53.4 Å². The average Bonchev–Trinajstić information content (AvgIpc) is 3.85. The smallest absolute Gasteiger partial charge is 0.220 e. The number of carbonyl (C=O) groups is 2. The molecule has 2 amide bonds. The van der Waals surface area contributed by atoms with Crippen molar-refractivity contribution in [1.29, 1.82) is 0 Å². The van der Waals surface area contributed by atoms with Crippen molar-refractivity contribution in [3.8, 4) is 45.4 Å². The van der Waals surface area contributed by atoms with Crippen LogP contribution in [0.2, 0.25) is 10.0 Å². The molecule has 8 rings (SSSR count). The molecule has 4 aromatic rings. The van der Waals surface area contributed by atoms with Crippen LogP contribution in [0.4, 0.5) is 0 Å². The first kappa shape index (κ1) is 33.9. The Balaban J connectivity index is 1.04. The number of amides is 2. The van der Waals surface area contributed by atoms with E-state index >= 15 is 0 Å². The molecule has 0 saturated carbocycles. The number of methoxy groups -OCH3 is 2. The Bertz CT molecular complexity index is 2030. The van der Waals surface area contributed by atoms with E-state index in [1.54, 1.807) is 14.2 Å². The van der Waals surface area contributed by atoms with Crippen LogP contribution in [-0.2, 0) is 22.6 Å². The summed E-state index contributed by atoms with van der Waals surface area (Å²) in [5.74, 6) is 1.38. The minimum atomic E-state index is -0.0792. The minimum Gasteiger partial charge on any atom is -0.481 e. The number of halogens is 2. The van der Waals surface area contributed by atoms with Crippen molar-refractivity contribution in [1.82, 2.24) is 30.8 Å². The maximum Gasteiger partial charge on any atom is 0.220 e. The highest BCUT2D eigenvalue weighted by Gasteiger charge is 2.47. The summed E-state index contributed by atoms with van der Waals surface area (Å²) in [5.41, 5.74) is 7.70. The summed E-state index contributed by atoms with van der Waals surface area (Å²) in [6.07, 6.45) is 4.73. The Morgan fingerprint density at radius 1 is 0.843 bits per heavy atom. The highest BCUT2D eigenvalue weighted by atomic mass is 35.5. The fourth-order valence-electron chi connectivity index (χ4n) is 8.18. The lowest BCUT2D eigenvalue weighted by atomic mass is 9.88. The minimum absolute atomic E-state index is 0.0792. The van der Waals surface area contributed by atoms with Crippen LogP contribution in [0.15, 0.2) is 54.6 Å². The van der Waals surface area contributed by atoms with Crippen LogP contribution in [0, 0.1) is 0 Å². The predicted octanol–water partition coefficient (Wildman–Crippen LogP) is 6.12. The van der Waals surface area contributed by atoms with Crippen molar-refractivity contribution in [3.05, 3.63) is 81.3 Å². The van der Waals surface area contributed by atoms with Crippen molar-refractivity contribution in [2.45, 2.75) is 62.7 Å². The molecule has 1 aliphatic carbocycles. The zero-order valence-electron chi connectivity index (χ0n) is 28.7. The Labute approximate surface area is 307 Å². The topological polar surface area (TPSA) is 118 Å².